The lowest BCUT2D eigenvalue weighted by Crippen LogP contribution is -2.54. The van der Waals surface area contributed by atoms with Gasteiger partial charge in [0.05, 0.1) is 23.5 Å². The smallest absolute Gasteiger partial charge is 0.281 e. The highest BCUT2D eigenvalue weighted by Gasteiger charge is 2.33. The molecule has 2 N–H and O–H groups in total. The average molecular weight is 482 g/mol. The Bertz CT molecular complexity index is 1420. The molecule has 4 aromatic rings. The number of hydrazine groups is 1. The third-order valence-corrected chi connectivity index (χ3v) is 5.77. The van der Waals surface area contributed by atoms with Crippen LogP contribution in [-0.4, -0.2) is 40.2 Å². The molecule has 3 aromatic carbocycles. The van der Waals surface area contributed by atoms with Crippen molar-refractivity contribution in [2.24, 2.45) is 0 Å². The maximum Gasteiger partial charge on any atom is 0.281 e. The minimum Gasteiger partial charge on any atom is -0.476 e. The number of hydrogen-bond donors (Lipinski definition) is 2. The molecule has 1 atom stereocenters. The maximum absolute atomic E-state index is 13.2. The molecule has 5 rings (SSSR count). The second kappa shape index (κ2) is 9.75. The minimum atomic E-state index is -0.996. The molecular formula is C27H23N5O4. The van der Waals surface area contributed by atoms with Crippen LogP contribution in [0.2, 0.25) is 0 Å². The van der Waals surface area contributed by atoms with Crippen molar-refractivity contribution in [2.75, 3.05) is 11.4 Å². The zero-order valence-electron chi connectivity index (χ0n) is 19.4. The molecule has 0 saturated carbocycles. The first-order valence-corrected chi connectivity index (χ1v) is 11.4. The monoisotopic (exact) mass is 481 g/mol. The fourth-order valence-electron chi connectivity index (χ4n) is 4.00. The molecule has 0 fully saturated rings. The van der Waals surface area contributed by atoms with E-state index in [0.29, 0.717) is 17.1 Å². The first-order valence-electron chi connectivity index (χ1n) is 11.4. The van der Waals surface area contributed by atoms with Crippen LogP contribution < -0.4 is 20.5 Å². The second-order valence-corrected chi connectivity index (χ2v) is 8.18. The number of para-hydroxylation sites is 3. The Morgan fingerprint density at radius 2 is 1.56 bits per heavy atom. The first kappa shape index (κ1) is 22.9. The molecule has 0 saturated heterocycles. The summed E-state index contributed by atoms with van der Waals surface area (Å²) < 4.78 is 7.41. The molecule has 1 aromatic heterocycles. The molecule has 0 aliphatic carbocycles. The number of carbonyl (C=O) groups is 3. The van der Waals surface area contributed by atoms with Crippen LogP contribution in [0.4, 0.5) is 5.69 Å². The Morgan fingerprint density at radius 3 is 2.28 bits per heavy atom. The van der Waals surface area contributed by atoms with E-state index in [4.69, 9.17) is 4.74 Å². The molecule has 9 nitrogen and oxygen atoms in total. The molecule has 0 spiro atoms. The summed E-state index contributed by atoms with van der Waals surface area (Å²) in [5, 5.41) is 4.62. The number of ether oxygens (including phenoxy) is 1. The average Bonchev–Trinajstić information content (AvgIpc) is 3.37. The summed E-state index contributed by atoms with van der Waals surface area (Å²) in [6.07, 6.45) is 0.619. The van der Waals surface area contributed by atoms with E-state index in [9.17, 15) is 14.4 Å². The third-order valence-electron chi connectivity index (χ3n) is 5.77. The molecule has 1 aliphatic heterocycles. The lowest BCUT2D eigenvalue weighted by atomic mass is 10.1. The van der Waals surface area contributed by atoms with Crippen LogP contribution in [-0.2, 0) is 9.59 Å². The third kappa shape index (κ3) is 4.54. The summed E-state index contributed by atoms with van der Waals surface area (Å²) in [4.78, 5) is 39.6. The summed E-state index contributed by atoms with van der Waals surface area (Å²) in [6.45, 7) is 1.45. The van der Waals surface area contributed by atoms with Crippen molar-refractivity contribution in [3.8, 4) is 22.7 Å². The molecular weight excluding hydrogens is 458 g/mol. The number of carbonyl (C=O) groups excluding carboxylic acids is 3. The largest absolute Gasteiger partial charge is 0.476 e. The van der Waals surface area contributed by atoms with Crippen molar-refractivity contribution < 1.29 is 19.1 Å². The predicted octanol–water partition coefficient (Wildman–Crippen LogP) is 3.11. The number of nitrogens with zero attached hydrogens (tertiary/aromatic N) is 3. The standard InChI is InChI=1S/C27H23N5O4/c1-18(33)31-17-24(36-23-15-9-8-14-22(23)31)27(35)29-28-26(34)21-16-32(20-12-6-3-7-13-20)30-25(21)19-10-4-2-5-11-19/h2-16,24H,17H2,1H3,(H,28,34)(H,29,35). The van der Waals surface area contributed by atoms with Crippen LogP contribution in [0.5, 0.6) is 5.75 Å². The number of amides is 3. The second-order valence-electron chi connectivity index (χ2n) is 8.18. The van der Waals surface area contributed by atoms with Gasteiger partial charge in [-0.15, -0.1) is 0 Å². The summed E-state index contributed by atoms with van der Waals surface area (Å²) in [7, 11) is 0. The van der Waals surface area contributed by atoms with E-state index in [1.54, 1.807) is 35.1 Å². The van der Waals surface area contributed by atoms with Gasteiger partial charge in [0.2, 0.25) is 5.91 Å². The highest BCUT2D eigenvalue weighted by atomic mass is 16.5. The predicted molar refractivity (Wildman–Crippen MR) is 133 cm³/mol. The van der Waals surface area contributed by atoms with E-state index in [0.717, 1.165) is 11.3 Å². The van der Waals surface area contributed by atoms with Crippen LogP contribution in [0.3, 0.4) is 0 Å². The zero-order valence-corrected chi connectivity index (χ0v) is 19.4. The van der Waals surface area contributed by atoms with Gasteiger partial charge >= 0.3 is 0 Å². The van der Waals surface area contributed by atoms with Gasteiger partial charge in [-0.2, -0.15) is 5.10 Å². The number of anilines is 1. The van der Waals surface area contributed by atoms with Gasteiger partial charge in [0.25, 0.3) is 11.8 Å². The zero-order chi connectivity index (χ0) is 25.1. The SMILES string of the molecule is CC(=O)N1CC(C(=O)NNC(=O)c2cn(-c3ccccc3)nc2-c2ccccc2)Oc2ccccc21. The summed E-state index contributed by atoms with van der Waals surface area (Å²) in [5.74, 6) is -0.917. The maximum atomic E-state index is 13.2. The summed E-state index contributed by atoms with van der Waals surface area (Å²) in [5.41, 5.74) is 7.79. The lowest BCUT2D eigenvalue weighted by Gasteiger charge is -2.33. The van der Waals surface area contributed by atoms with Crippen LogP contribution >= 0.6 is 0 Å². The van der Waals surface area contributed by atoms with E-state index < -0.39 is 17.9 Å². The Kier molecular flexibility index (Phi) is 6.19. The molecule has 180 valence electrons. The van der Waals surface area contributed by atoms with Crippen LogP contribution in [0.1, 0.15) is 17.3 Å². The minimum absolute atomic E-state index is 0.0231. The van der Waals surface area contributed by atoms with Gasteiger partial charge in [0.15, 0.2) is 6.10 Å². The van der Waals surface area contributed by atoms with E-state index in [1.165, 1.54) is 11.8 Å². The van der Waals surface area contributed by atoms with Crippen molar-refractivity contribution in [2.45, 2.75) is 13.0 Å². The van der Waals surface area contributed by atoms with Crippen LogP contribution in [0.15, 0.2) is 91.1 Å². The highest BCUT2D eigenvalue weighted by molar-refractivity contribution is 6.01. The fourth-order valence-corrected chi connectivity index (χ4v) is 4.00. The van der Waals surface area contributed by atoms with E-state index in [1.807, 2.05) is 60.7 Å². The number of benzene rings is 3. The summed E-state index contributed by atoms with van der Waals surface area (Å²) >= 11 is 0. The number of aromatic nitrogens is 2. The van der Waals surface area contributed by atoms with Gasteiger partial charge in [-0.25, -0.2) is 4.68 Å². The van der Waals surface area contributed by atoms with Crippen molar-refractivity contribution in [1.29, 1.82) is 0 Å². The molecule has 0 radical (unpaired) electrons. The van der Waals surface area contributed by atoms with Gasteiger partial charge in [0.1, 0.15) is 11.4 Å². The van der Waals surface area contributed by atoms with Gasteiger partial charge in [-0.05, 0) is 24.3 Å². The number of fused-ring (bicyclic) bond motifs is 1. The van der Waals surface area contributed by atoms with Crippen molar-refractivity contribution in [3.63, 3.8) is 0 Å². The molecule has 36 heavy (non-hydrogen) atoms. The highest BCUT2D eigenvalue weighted by Crippen LogP contribution is 2.33. The van der Waals surface area contributed by atoms with E-state index >= 15 is 0 Å². The fraction of sp³-hybridized carbons (Fsp3) is 0.111. The number of hydrogen-bond acceptors (Lipinski definition) is 5. The number of rotatable bonds is 4. The number of nitrogens with one attached hydrogen (secondary N) is 2. The molecule has 1 aliphatic rings. The first-order chi connectivity index (χ1) is 17.5. The molecule has 3 amide bonds. The Labute approximate surface area is 207 Å². The van der Waals surface area contributed by atoms with Crippen LogP contribution in [0, 0.1) is 0 Å². The van der Waals surface area contributed by atoms with Crippen molar-refractivity contribution in [3.05, 3.63) is 96.7 Å². The summed E-state index contributed by atoms with van der Waals surface area (Å²) in [6, 6.07) is 25.7. The van der Waals surface area contributed by atoms with Gasteiger partial charge in [-0.1, -0.05) is 60.7 Å². The molecule has 0 bridgehead atoms. The molecule has 9 heteroatoms. The van der Waals surface area contributed by atoms with E-state index in [-0.39, 0.29) is 18.0 Å². The Balaban J connectivity index is 1.35. The Morgan fingerprint density at radius 1 is 0.889 bits per heavy atom. The van der Waals surface area contributed by atoms with Crippen molar-refractivity contribution >= 4 is 23.4 Å². The van der Waals surface area contributed by atoms with Gasteiger partial charge in [-0.3, -0.25) is 25.2 Å². The lowest BCUT2D eigenvalue weighted by molar-refractivity contribution is -0.129. The molecule has 2 heterocycles. The Hall–Kier alpha value is -4.92. The van der Waals surface area contributed by atoms with E-state index in [2.05, 4.69) is 16.0 Å². The quantitative estimate of drug-likeness (QED) is 0.436. The van der Waals surface area contributed by atoms with Crippen molar-refractivity contribution in [1.82, 2.24) is 20.6 Å². The normalized spacial score (nSPS) is 14.4. The topological polar surface area (TPSA) is 106 Å². The van der Waals surface area contributed by atoms with Gasteiger partial charge in [0, 0.05) is 18.7 Å². The van der Waals surface area contributed by atoms with Gasteiger partial charge < -0.3 is 9.64 Å². The molecule has 1 unspecified atom stereocenters. The van der Waals surface area contributed by atoms with Crippen LogP contribution in [0.25, 0.3) is 16.9 Å².